The Balaban J connectivity index is 1.45. The number of carboxylic acids is 1. The number of rotatable bonds is 8. The van der Waals surface area contributed by atoms with Gasteiger partial charge in [0.25, 0.3) is 0 Å². The van der Waals surface area contributed by atoms with E-state index >= 15 is 0 Å². The number of carbonyl (C=O) groups is 3. The van der Waals surface area contributed by atoms with Crippen LogP contribution in [-0.4, -0.2) is 39.5 Å². The van der Waals surface area contributed by atoms with E-state index in [2.05, 4.69) is 15.6 Å². The van der Waals surface area contributed by atoms with Gasteiger partial charge in [-0.3, -0.25) is 9.59 Å². The second-order valence-electron chi connectivity index (χ2n) is 12.0. The van der Waals surface area contributed by atoms with Crippen molar-refractivity contribution in [2.75, 3.05) is 0 Å². The van der Waals surface area contributed by atoms with Gasteiger partial charge in [-0.05, 0) is 49.3 Å². The number of nitrogens with one attached hydrogen (secondary N) is 3. The fourth-order valence-electron chi connectivity index (χ4n) is 6.79. The number of alkyl halides is 3. The molecule has 0 spiro atoms. The van der Waals surface area contributed by atoms with Crippen molar-refractivity contribution in [2.45, 2.75) is 88.4 Å². The molecule has 1 heterocycles. The summed E-state index contributed by atoms with van der Waals surface area (Å²) < 4.78 is 56.0. The van der Waals surface area contributed by atoms with Crippen molar-refractivity contribution >= 4 is 28.7 Å². The van der Waals surface area contributed by atoms with Crippen molar-refractivity contribution in [1.29, 1.82) is 0 Å². The molecular formula is C32H35F4N3O4. The number of benzene rings is 2. The zero-order chi connectivity index (χ0) is 31.2. The standard InChI is InChI=1S/C32H35F4N3O4/c1-3-18(2)25(38-28(41)30(14-6-7-15-30)21-10-4-5-12-23(21)33)27(40)39-31(29(42)43)16-13-24-20(17-31)19-9-8-11-22(26(19)37-24)32(34,35)36/h4-5,8-12,18,25,37H,3,6-7,13-17H2,1-2H3,(H,38,41)(H,39,40)(H,42,43). The molecule has 2 aliphatic carbocycles. The molecule has 0 radical (unpaired) electrons. The first kappa shape index (κ1) is 30.6. The average Bonchev–Trinajstić information content (AvgIpc) is 3.60. The smallest absolute Gasteiger partial charge is 0.418 e. The molecular weight excluding hydrogens is 566 g/mol. The van der Waals surface area contributed by atoms with Crippen LogP contribution in [0.3, 0.4) is 0 Å². The van der Waals surface area contributed by atoms with Crippen LogP contribution in [0.2, 0.25) is 0 Å². The molecule has 0 bridgehead atoms. The molecule has 7 nitrogen and oxygen atoms in total. The summed E-state index contributed by atoms with van der Waals surface area (Å²) in [6, 6.07) is 8.74. The lowest BCUT2D eigenvalue weighted by Gasteiger charge is -2.37. The van der Waals surface area contributed by atoms with Crippen LogP contribution in [0, 0.1) is 11.7 Å². The van der Waals surface area contributed by atoms with E-state index in [-0.39, 0.29) is 35.7 Å². The van der Waals surface area contributed by atoms with Gasteiger partial charge in [0.2, 0.25) is 11.8 Å². The van der Waals surface area contributed by atoms with Gasteiger partial charge in [0.15, 0.2) is 0 Å². The lowest BCUT2D eigenvalue weighted by atomic mass is 9.77. The minimum atomic E-state index is -4.61. The Kier molecular flexibility index (Phi) is 8.04. The van der Waals surface area contributed by atoms with Gasteiger partial charge in [-0.25, -0.2) is 9.18 Å². The largest absolute Gasteiger partial charge is 0.479 e. The van der Waals surface area contributed by atoms with E-state index < -0.39 is 58.3 Å². The van der Waals surface area contributed by atoms with E-state index in [4.69, 9.17) is 0 Å². The molecule has 4 N–H and O–H groups in total. The highest BCUT2D eigenvalue weighted by Crippen LogP contribution is 2.43. The summed E-state index contributed by atoms with van der Waals surface area (Å²) in [4.78, 5) is 43.3. The molecule has 43 heavy (non-hydrogen) atoms. The molecule has 3 atom stereocenters. The van der Waals surface area contributed by atoms with Gasteiger partial charge < -0.3 is 20.7 Å². The molecule has 2 aromatic carbocycles. The Bertz CT molecular complexity index is 1560. The van der Waals surface area contributed by atoms with E-state index in [0.29, 0.717) is 43.4 Å². The van der Waals surface area contributed by atoms with Gasteiger partial charge in [0.05, 0.1) is 16.5 Å². The van der Waals surface area contributed by atoms with Crippen LogP contribution in [0.5, 0.6) is 0 Å². The first-order chi connectivity index (χ1) is 20.3. The van der Waals surface area contributed by atoms with Gasteiger partial charge >= 0.3 is 12.1 Å². The van der Waals surface area contributed by atoms with Crippen molar-refractivity contribution in [3.05, 3.63) is 70.7 Å². The first-order valence-electron chi connectivity index (χ1n) is 14.6. The Morgan fingerprint density at radius 1 is 1.05 bits per heavy atom. The van der Waals surface area contributed by atoms with Gasteiger partial charge in [-0.2, -0.15) is 13.2 Å². The third-order valence-electron chi connectivity index (χ3n) is 9.45. The number of carbonyl (C=O) groups excluding carboxylic acids is 2. The highest BCUT2D eigenvalue weighted by molar-refractivity contribution is 5.96. The highest BCUT2D eigenvalue weighted by atomic mass is 19.4. The predicted octanol–water partition coefficient (Wildman–Crippen LogP) is 5.80. The number of aryl methyl sites for hydroxylation is 1. The fraction of sp³-hybridized carbons (Fsp3) is 0.469. The molecule has 3 aromatic rings. The molecule has 11 heteroatoms. The zero-order valence-electron chi connectivity index (χ0n) is 24.0. The maximum atomic E-state index is 14.9. The number of hydrogen-bond donors (Lipinski definition) is 4. The lowest BCUT2D eigenvalue weighted by molar-refractivity contribution is -0.149. The summed E-state index contributed by atoms with van der Waals surface area (Å²) in [5.41, 5.74) is -2.75. The van der Waals surface area contributed by atoms with Crippen molar-refractivity contribution in [1.82, 2.24) is 15.6 Å². The maximum absolute atomic E-state index is 14.9. The number of hydrogen-bond acceptors (Lipinski definition) is 3. The molecule has 5 rings (SSSR count). The van der Waals surface area contributed by atoms with Gasteiger partial charge in [-0.15, -0.1) is 0 Å². The van der Waals surface area contributed by atoms with E-state index in [1.54, 1.807) is 25.1 Å². The summed E-state index contributed by atoms with van der Waals surface area (Å²) in [6.07, 6.45) is -2.05. The van der Waals surface area contributed by atoms with Crippen molar-refractivity contribution < 1.29 is 37.1 Å². The number of para-hydroxylation sites is 1. The number of aromatic nitrogens is 1. The molecule has 230 valence electrons. The van der Waals surface area contributed by atoms with Crippen LogP contribution in [0.25, 0.3) is 10.9 Å². The van der Waals surface area contributed by atoms with E-state index in [1.165, 1.54) is 18.2 Å². The minimum absolute atomic E-state index is 0.0599. The molecule has 1 aromatic heterocycles. The number of aliphatic carboxylic acids is 1. The number of amides is 2. The monoisotopic (exact) mass is 601 g/mol. The summed E-state index contributed by atoms with van der Waals surface area (Å²) in [7, 11) is 0. The lowest BCUT2D eigenvalue weighted by Crippen LogP contribution is -2.63. The summed E-state index contributed by atoms with van der Waals surface area (Å²) in [5.74, 6) is -3.40. The Morgan fingerprint density at radius 3 is 2.37 bits per heavy atom. The normalized spacial score (nSPS) is 21.2. The number of aromatic amines is 1. The second-order valence-corrected chi connectivity index (χ2v) is 12.0. The number of fused-ring (bicyclic) bond motifs is 3. The van der Waals surface area contributed by atoms with Crippen molar-refractivity contribution in [2.24, 2.45) is 5.92 Å². The van der Waals surface area contributed by atoms with E-state index in [9.17, 15) is 37.1 Å². The van der Waals surface area contributed by atoms with Crippen LogP contribution in [-0.2, 0) is 38.8 Å². The Labute approximate surface area is 246 Å². The topological polar surface area (TPSA) is 111 Å². The second kappa shape index (κ2) is 11.3. The first-order valence-corrected chi connectivity index (χ1v) is 14.6. The van der Waals surface area contributed by atoms with Crippen LogP contribution in [0.1, 0.15) is 74.8 Å². The van der Waals surface area contributed by atoms with Gasteiger partial charge in [0, 0.05) is 23.1 Å². The van der Waals surface area contributed by atoms with Gasteiger partial charge in [0.1, 0.15) is 17.4 Å². The zero-order valence-corrected chi connectivity index (χ0v) is 24.0. The molecule has 1 saturated carbocycles. The summed E-state index contributed by atoms with van der Waals surface area (Å²) in [6.45, 7) is 3.60. The number of H-pyrrole nitrogens is 1. The minimum Gasteiger partial charge on any atom is -0.479 e. The SMILES string of the molecule is CCC(C)C(NC(=O)C1(c2ccccc2F)CCCC1)C(=O)NC1(C(=O)O)CCc2[nH]c3c(C(F)(F)F)cccc3c2C1. The predicted molar refractivity (Wildman–Crippen MR) is 152 cm³/mol. The van der Waals surface area contributed by atoms with Crippen molar-refractivity contribution in [3.8, 4) is 0 Å². The van der Waals surface area contributed by atoms with Crippen LogP contribution in [0.15, 0.2) is 42.5 Å². The number of carboxylic acid groups (broad SMARTS) is 1. The highest BCUT2D eigenvalue weighted by Gasteiger charge is 2.49. The van der Waals surface area contributed by atoms with E-state index in [0.717, 1.165) is 6.07 Å². The third-order valence-corrected chi connectivity index (χ3v) is 9.45. The quantitative estimate of drug-likeness (QED) is 0.245. The van der Waals surface area contributed by atoms with Crippen LogP contribution >= 0.6 is 0 Å². The van der Waals surface area contributed by atoms with Crippen molar-refractivity contribution in [3.63, 3.8) is 0 Å². The molecule has 2 aliphatic rings. The Morgan fingerprint density at radius 2 is 1.74 bits per heavy atom. The fourth-order valence-corrected chi connectivity index (χ4v) is 6.79. The maximum Gasteiger partial charge on any atom is 0.418 e. The molecule has 1 fully saturated rings. The van der Waals surface area contributed by atoms with Gasteiger partial charge in [-0.1, -0.05) is 63.4 Å². The molecule has 2 amide bonds. The molecule has 0 saturated heterocycles. The average molecular weight is 602 g/mol. The molecule has 0 aliphatic heterocycles. The summed E-state index contributed by atoms with van der Waals surface area (Å²) >= 11 is 0. The van der Waals surface area contributed by atoms with Crippen LogP contribution in [0.4, 0.5) is 17.6 Å². The summed E-state index contributed by atoms with van der Waals surface area (Å²) in [5, 5.41) is 16.2. The Hall–Kier alpha value is -3.89. The van der Waals surface area contributed by atoms with E-state index in [1.807, 2.05) is 6.92 Å². The third kappa shape index (κ3) is 5.38. The number of halogens is 4. The molecule has 3 unspecified atom stereocenters. The van der Waals surface area contributed by atoms with Crippen LogP contribution < -0.4 is 10.6 Å².